The van der Waals surface area contributed by atoms with Crippen molar-refractivity contribution in [3.05, 3.63) is 0 Å². The highest BCUT2D eigenvalue weighted by Gasteiger charge is 2.44. The summed E-state index contributed by atoms with van der Waals surface area (Å²) >= 11 is 0. The molecule has 0 radical (unpaired) electrons. The first kappa shape index (κ1) is 11.1. The molecule has 1 saturated heterocycles. The SMILES string of the molecule is CN(C)CC(=O)C1CCOC2(CCC2)C1. The van der Waals surface area contributed by atoms with Gasteiger partial charge in [0, 0.05) is 12.5 Å². The van der Waals surface area contributed by atoms with Crippen LogP contribution in [0.15, 0.2) is 0 Å². The fourth-order valence-corrected chi connectivity index (χ4v) is 2.66. The Labute approximate surface area is 91.8 Å². The van der Waals surface area contributed by atoms with Crippen molar-refractivity contribution in [3.63, 3.8) is 0 Å². The van der Waals surface area contributed by atoms with Crippen molar-refractivity contribution >= 4 is 5.78 Å². The van der Waals surface area contributed by atoms with Crippen molar-refractivity contribution in [2.75, 3.05) is 27.2 Å². The van der Waals surface area contributed by atoms with Gasteiger partial charge in [0.25, 0.3) is 0 Å². The van der Waals surface area contributed by atoms with E-state index in [0.717, 1.165) is 19.4 Å². The van der Waals surface area contributed by atoms with Gasteiger partial charge in [0.15, 0.2) is 0 Å². The van der Waals surface area contributed by atoms with Crippen LogP contribution in [0.25, 0.3) is 0 Å². The topological polar surface area (TPSA) is 29.5 Å². The minimum atomic E-state index is 0.102. The number of hydrogen-bond acceptors (Lipinski definition) is 3. The third-order valence-corrected chi connectivity index (χ3v) is 3.69. The maximum atomic E-state index is 11.9. The molecule has 2 fully saturated rings. The zero-order chi connectivity index (χ0) is 10.9. The Morgan fingerprint density at radius 3 is 2.73 bits per heavy atom. The van der Waals surface area contributed by atoms with E-state index in [1.54, 1.807) is 0 Å². The van der Waals surface area contributed by atoms with Crippen molar-refractivity contribution in [3.8, 4) is 0 Å². The lowest BCUT2D eigenvalue weighted by molar-refractivity contribution is -0.155. The van der Waals surface area contributed by atoms with Gasteiger partial charge in [-0.2, -0.15) is 0 Å². The molecular formula is C12H21NO2. The number of ketones is 1. The van der Waals surface area contributed by atoms with Gasteiger partial charge in [0.1, 0.15) is 5.78 Å². The fraction of sp³-hybridized carbons (Fsp3) is 0.917. The summed E-state index contributed by atoms with van der Waals surface area (Å²) in [4.78, 5) is 13.9. The number of carbonyl (C=O) groups is 1. The van der Waals surface area contributed by atoms with Gasteiger partial charge in [-0.05, 0) is 46.2 Å². The lowest BCUT2D eigenvalue weighted by Crippen LogP contribution is -2.47. The summed E-state index contributed by atoms with van der Waals surface area (Å²) in [5.41, 5.74) is 0.102. The second kappa shape index (κ2) is 4.22. The first-order valence-corrected chi connectivity index (χ1v) is 5.93. The average molecular weight is 211 g/mol. The molecule has 2 rings (SSSR count). The van der Waals surface area contributed by atoms with Crippen LogP contribution in [-0.4, -0.2) is 43.5 Å². The van der Waals surface area contributed by atoms with Crippen LogP contribution in [-0.2, 0) is 9.53 Å². The van der Waals surface area contributed by atoms with E-state index in [4.69, 9.17) is 4.74 Å². The summed E-state index contributed by atoms with van der Waals surface area (Å²) < 4.78 is 5.82. The lowest BCUT2D eigenvalue weighted by atomic mass is 9.71. The summed E-state index contributed by atoms with van der Waals surface area (Å²) in [7, 11) is 3.91. The highest BCUT2D eigenvalue weighted by molar-refractivity contribution is 5.83. The van der Waals surface area contributed by atoms with Gasteiger partial charge in [-0.25, -0.2) is 0 Å². The number of likely N-dealkylation sites (N-methyl/N-ethyl adjacent to an activating group) is 1. The second-order valence-electron chi connectivity index (χ2n) is 5.28. The molecule has 0 aromatic carbocycles. The minimum Gasteiger partial charge on any atom is -0.375 e. The first-order chi connectivity index (χ1) is 7.11. The monoisotopic (exact) mass is 211 g/mol. The predicted octanol–water partition coefficient (Wildman–Crippen LogP) is 1.47. The van der Waals surface area contributed by atoms with Crippen LogP contribution < -0.4 is 0 Å². The molecule has 15 heavy (non-hydrogen) atoms. The number of ether oxygens (including phenoxy) is 1. The van der Waals surface area contributed by atoms with E-state index >= 15 is 0 Å². The van der Waals surface area contributed by atoms with E-state index in [2.05, 4.69) is 0 Å². The molecule has 1 aliphatic carbocycles. The molecule has 1 saturated carbocycles. The van der Waals surface area contributed by atoms with Crippen LogP contribution in [0.5, 0.6) is 0 Å². The number of rotatable bonds is 3. The summed E-state index contributed by atoms with van der Waals surface area (Å²) in [5.74, 6) is 0.649. The summed E-state index contributed by atoms with van der Waals surface area (Å²) in [6, 6.07) is 0. The smallest absolute Gasteiger partial charge is 0.150 e. The molecule has 86 valence electrons. The number of hydrogen-bond donors (Lipinski definition) is 0. The van der Waals surface area contributed by atoms with Crippen LogP contribution in [0.3, 0.4) is 0 Å². The molecule has 0 amide bonds. The molecule has 2 aliphatic rings. The van der Waals surface area contributed by atoms with E-state index in [1.165, 1.54) is 19.3 Å². The normalized spacial score (nSPS) is 29.1. The number of nitrogens with zero attached hydrogens (tertiary/aromatic N) is 1. The number of carbonyl (C=O) groups excluding carboxylic acids is 1. The van der Waals surface area contributed by atoms with Crippen LogP contribution in [0.4, 0.5) is 0 Å². The van der Waals surface area contributed by atoms with Gasteiger partial charge in [-0.3, -0.25) is 4.79 Å². The van der Waals surface area contributed by atoms with E-state index < -0.39 is 0 Å². The quantitative estimate of drug-likeness (QED) is 0.708. The van der Waals surface area contributed by atoms with E-state index in [0.29, 0.717) is 12.3 Å². The van der Waals surface area contributed by atoms with Gasteiger partial charge in [-0.15, -0.1) is 0 Å². The molecule has 0 aromatic rings. The second-order valence-corrected chi connectivity index (χ2v) is 5.28. The molecule has 1 atom stereocenters. The highest BCUT2D eigenvalue weighted by Crippen LogP contribution is 2.44. The maximum absolute atomic E-state index is 11.9. The average Bonchev–Trinajstić information content (AvgIpc) is 2.14. The third-order valence-electron chi connectivity index (χ3n) is 3.69. The predicted molar refractivity (Wildman–Crippen MR) is 58.8 cm³/mol. The standard InChI is InChI=1S/C12H21NO2/c1-13(2)9-11(14)10-4-7-15-12(8-10)5-3-6-12/h10H,3-9H2,1-2H3. The Hall–Kier alpha value is -0.410. The van der Waals surface area contributed by atoms with Crippen LogP contribution in [0, 0.1) is 5.92 Å². The molecule has 3 nitrogen and oxygen atoms in total. The molecule has 1 spiro atoms. The zero-order valence-corrected chi connectivity index (χ0v) is 9.79. The molecule has 0 bridgehead atoms. The van der Waals surface area contributed by atoms with Crippen molar-refractivity contribution in [2.24, 2.45) is 5.92 Å². The molecule has 1 heterocycles. The Morgan fingerprint density at radius 2 is 2.20 bits per heavy atom. The summed E-state index contributed by atoms with van der Waals surface area (Å²) in [5, 5.41) is 0. The third kappa shape index (κ3) is 2.40. The molecule has 1 aliphatic heterocycles. The first-order valence-electron chi connectivity index (χ1n) is 5.93. The van der Waals surface area contributed by atoms with E-state index in [-0.39, 0.29) is 11.5 Å². The zero-order valence-electron chi connectivity index (χ0n) is 9.79. The Balaban J connectivity index is 1.89. The van der Waals surface area contributed by atoms with Crippen LogP contribution in [0.2, 0.25) is 0 Å². The van der Waals surface area contributed by atoms with E-state index in [1.807, 2.05) is 19.0 Å². The van der Waals surface area contributed by atoms with Gasteiger partial charge >= 0.3 is 0 Å². The van der Waals surface area contributed by atoms with Crippen molar-refractivity contribution in [1.29, 1.82) is 0 Å². The van der Waals surface area contributed by atoms with Crippen molar-refractivity contribution in [2.45, 2.75) is 37.7 Å². The number of Topliss-reactive ketones (excluding diaryl/α,β-unsaturated/α-hetero) is 1. The van der Waals surface area contributed by atoms with Gasteiger partial charge in [0.2, 0.25) is 0 Å². The van der Waals surface area contributed by atoms with Crippen LogP contribution in [0.1, 0.15) is 32.1 Å². The Kier molecular flexibility index (Phi) is 3.12. The maximum Gasteiger partial charge on any atom is 0.150 e. The summed E-state index contributed by atoms with van der Waals surface area (Å²) in [6.45, 7) is 1.37. The highest BCUT2D eigenvalue weighted by atomic mass is 16.5. The van der Waals surface area contributed by atoms with Gasteiger partial charge < -0.3 is 9.64 Å². The van der Waals surface area contributed by atoms with E-state index in [9.17, 15) is 4.79 Å². The van der Waals surface area contributed by atoms with Gasteiger partial charge in [0.05, 0.1) is 12.1 Å². The Morgan fingerprint density at radius 1 is 1.47 bits per heavy atom. The summed E-state index contributed by atoms with van der Waals surface area (Å²) in [6.07, 6.45) is 5.50. The molecule has 0 aromatic heterocycles. The Bertz CT molecular complexity index is 246. The molecule has 1 unspecified atom stereocenters. The van der Waals surface area contributed by atoms with Gasteiger partial charge in [-0.1, -0.05) is 0 Å². The molecular weight excluding hydrogens is 190 g/mol. The van der Waals surface area contributed by atoms with Crippen LogP contribution >= 0.6 is 0 Å². The van der Waals surface area contributed by atoms with Crippen molar-refractivity contribution in [1.82, 2.24) is 4.90 Å². The lowest BCUT2D eigenvalue weighted by Gasteiger charge is -2.47. The largest absolute Gasteiger partial charge is 0.375 e. The molecule has 3 heteroatoms. The van der Waals surface area contributed by atoms with Crippen molar-refractivity contribution < 1.29 is 9.53 Å². The fourth-order valence-electron chi connectivity index (χ4n) is 2.66. The molecule has 0 N–H and O–H groups in total. The minimum absolute atomic E-state index is 0.102.